The topological polar surface area (TPSA) is 44.5 Å². The fourth-order valence-electron chi connectivity index (χ4n) is 1.98. The minimum absolute atomic E-state index is 0.0161. The smallest absolute Gasteiger partial charge is 0.226 e. The molecular formula is C17H13F2NO3. The summed E-state index contributed by atoms with van der Waals surface area (Å²) < 4.78 is 42.0. The number of nitrogens with zero attached hydrogens (tertiary/aromatic N) is 1. The van der Waals surface area contributed by atoms with E-state index in [0.717, 1.165) is 23.4 Å². The first kappa shape index (κ1) is 15.0. The first-order chi connectivity index (χ1) is 11.2. The lowest BCUT2D eigenvalue weighted by molar-refractivity contribution is 0.284. The lowest BCUT2D eigenvalue weighted by Gasteiger charge is -2.04. The molecule has 0 aliphatic rings. The van der Waals surface area contributed by atoms with Gasteiger partial charge in [0.1, 0.15) is 30.1 Å². The van der Waals surface area contributed by atoms with Crippen molar-refractivity contribution in [2.45, 2.75) is 6.61 Å². The summed E-state index contributed by atoms with van der Waals surface area (Å²) in [4.78, 5) is 4.27. The molecule has 0 bridgehead atoms. The number of hydrogen-bond acceptors (Lipinski definition) is 4. The quantitative estimate of drug-likeness (QED) is 0.707. The average molecular weight is 317 g/mol. The van der Waals surface area contributed by atoms with Gasteiger partial charge in [-0.05, 0) is 36.4 Å². The fraction of sp³-hybridized carbons (Fsp3) is 0.118. The molecular weight excluding hydrogens is 304 g/mol. The van der Waals surface area contributed by atoms with Crippen molar-refractivity contribution in [2.75, 3.05) is 7.11 Å². The van der Waals surface area contributed by atoms with Gasteiger partial charge in [0.2, 0.25) is 5.89 Å². The molecule has 0 aliphatic carbocycles. The van der Waals surface area contributed by atoms with Crippen LogP contribution in [0, 0.1) is 11.6 Å². The summed E-state index contributed by atoms with van der Waals surface area (Å²) in [6, 6.07) is 10.3. The molecule has 0 spiro atoms. The third-order valence-corrected chi connectivity index (χ3v) is 3.16. The molecule has 0 saturated heterocycles. The molecule has 0 aliphatic heterocycles. The van der Waals surface area contributed by atoms with Crippen LogP contribution in [0.3, 0.4) is 0 Å². The van der Waals surface area contributed by atoms with Gasteiger partial charge in [0.05, 0.1) is 7.11 Å². The van der Waals surface area contributed by atoms with Crippen molar-refractivity contribution < 1.29 is 22.7 Å². The van der Waals surface area contributed by atoms with Crippen molar-refractivity contribution in [1.82, 2.24) is 4.98 Å². The van der Waals surface area contributed by atoms with Gasteiger partial charge in [-0.25, -0.2) is 13.8 Å². The van der Waals surface area contributed by atoms with Crippen LogP contribution in [0.25, 0.3) is 11.5 Å². The number of methoxy groups -OCH3 is 1. The molecule has 0 amide bonds. The number of oxazole rings is 1. The van der Waals surface area contributed by atoms with E-state index in [0.29, 0.717) is 11.6 Å². The summed E-state index contributed by atoms with van der Waals surface area (Å²) in [5, 5.41) is 0. The van der Waals surface area contributed by atoms with Crippen LogP contribution in [0.2, 0.25) is 0 Å². The van der Waals surface area contributed by atoms with Crippen molar-refractivity contribution >= 4 is 0 Å². The van der Waals surface area contributed by atoms with Gasteiger partial charge in [-0.2, -0.15) is 0 Å². The van der Waals surface area contributed by atoms with Gasteiger partial charge in [0.15, 0.2) is 11.6 Å². The van der Waals surface area contributed by atoms with Gasteiger partial charge in [0, 0.05) is 11.6 Å². The molecule has 0 atom stereocenters. The highest BCUT2D eigenvalue weighted by Crippen LogP contribution is 2.23. The second-order valence-electron chi connectivity index (χ2n) is 4.74. The van der Waals surface area contributed by atoms with E-state index in [9.17, 15) is 8.78 Å². The molecule has 0 N–H and O–H groups in total. The Morgan fingerprint density at radius 3 is 2.57 bits per heavy atom. The molecule has 3 rings (SSSR count). The lowest BCUT2D eigenvalue weighted by Crippen LogP contribution is -1.98. The first-order valence-electron chi connectivity index (χ1n) is 6.82. The Balaban J connectivity index is 1.69. The summed E-state index contributed by atoms with van der Waals surface area (Å²) in [7, 11) is 1.59. The van der Waals surface area contributed by atoms with Crippen LogP contribution in [-0.4, -0.2) is 12.1 Å². The summed E-state index contributed by atoms with van der Waals surface area (Å²) in [5.74, 6) is -0.302. The van der Waals surface area contributed by atoms with E-state index < -0.39 is 11.6 Å². The van der Waals surface area contributed by atoms with Crippen LogP contribution in [0.15, 0.2) is 53.1 Å². The third-order valence-electron chi connectivity index (χ3n) is 3.16. The number of rotatable bonds is 5. The zero-order chi connectivity index (χ0) is 16.2. The number of aromatic nitrogens is 1. The van der Waals surface area contributed by atoms with Crippen LogP contribution in [0.1, 0.15) is 5.69 Å². The minimum Gasteiger partial charge on any atom is -0.497 e. The highest BCUT2D eigenvalue weighted by atomic mass is 19.1. The number of hydrogen-bond donors (Lipinski definition) is 0. The predicted octanol–water partition coefficient (Wildman–Crippen LogP) is 4.21. The van der Waals surface area contributed by atoms with E-state index >= 15 is 0 Å². The van der Waals surface area contributed by atoms with Gasteiger partial charge in [0.25, 0.3) is 0 Å². The van der Waals surface area contributed by atoms with Crippen molar-refractivity contribution in [1.29, 1.82) is 0 Å². The van der Waals surface area contributed by atoms with E-state index in [2.05, 4.69) is 4.98 Å². The molecule has 2 aromatic carbocycles. The maximum Gasteiger partial charge on any atom is 0.226 e. The van der Waals surface area contributed by atoms with E-state index in [4.69, 9.17) is 13.9 Å². The number of benzene rings is 2. The van der Waals surface area contributed by atoms with Crippen LogP contribution in [-0.2, 0) is 6.61 Å². The molecule has 3 aromatic rings. The minimum atomic E-state index is -0.760. The van der Waals surface area contributed by atoms with E-state index in [1.54, 1.807) is 19.2 Å². The highest BCUT2D eigenvalue weighted by molar-refractivity contribution is 5.54. The van der Waals surface area contributed by atoms with E-state index in [1.807, 2.05) is 12.1 Å². The van der Waals surface area contributed by atoms with Crippen LogP contribution in [0.4, 0.5) is 8.78 Å². The maximum absolute atomic E-state index is 13.5. The molecule has 4 nitrogen and oxygen atoms in total. The van der Waals surface area contributed by atoms with Gasteiger partial charge in [-0.15, -0.1) is 0 Å². The maximum atomic E-state index is 13.5. The van der Waals surface area contributed by atoms with Gasteiger partial charge < -0.3 is 13.9 Å². The van der Waals surface area contributed by atoms with Crippen LogP contribution < -0.4 is 9.47 Å². The molecule has 1 aromatic heterocycles. The fourth-order valence-corrected chi connectivity index (χ4v) is 1.98. The standard InChI is InChI=1S/C17H13F2NO3/c1-21-14-5-2-11(3-6-14)17-20-13(10-23-17)9-22-16-7-4-12(18)8-15(16)19/h2-8,10H,9H2,1H3. The van der Waals surface area contributed by atoms with Gasteiger partial charge >= 0.3 is 0 Å². The molecule has 0 unspecified atom stereocenters. The first-order valence-corrected chi connectivity index (χ1v) is 6.82. The second kappa shape index (κ2) is 6.48. The molecule has 1 heterocycles. The van der Waals surface area contributed by atoms with Crippen molar-refractivity contribution in [3.63, 3.8) is 0 Å². The number of ether oxygens (including phenoxy) is 2. The average Bonchev–Trinajstić information content (AvgIpc) is 3.03. The van der Waals surface area contributed by atoms with E-state index in [-0.39, 0.29) is 12.4 Å². The lowest BCUT2D eigenvalue weighted by atomic mass is 10.2. The molecule has 23 heavy (non-hydrogen) atoms. The number of halogens is 2. The normalized spacial score (nSPS) is 10.6. The van der Waals surface area contributed by atoms with Crippen LogP contribution >= 0.6 is 0 Å². The molecule has 0 fully saturated rings. The SMILES string of the molecule is COc1ccc(-c2nc(COc3ccc(F)cc3F)co2)cc1. The Labute approximate surface area is 131 Å². The van der Waals surface area contributed by atoms with Crippen molar-refractivity contribution in [3.8, 4) is 23.0 Å². The Morgan fingerprint density at radius 2 is 1.87 bits per heavy atom. The Morgan fingerprint density at radius 1 is 1.09 bits per heavy atom. The molecule has 118 valence electrons. The van der Waals surface area contributed by atoms with Crippen molar-refractivity contribution in [3.05, 3.63) is 66.1 Å². The monoisotopic (exact) mass is 317 g/mol. The summed E-state index contributed by atoms with van der Waals surface area (Å²) in [5.41, 5.74) is 1.28. The summed E-state index contributed by atoms with van der Waals surface area (Å²) in [6.07, 6.45) is 1.43. The summed E-state index contributed by atoms with van der Waals surface area (Å²) in [6.45, 7) is 0.0161. The largest absolute Gasteiger partial charge is 0.497 e. The molecule has 0 saturated carbocycles. The van der Waals surface area contributed by atoms with Crippen molar-refractivity contribution in [2.24, 2.45) is 0 Å². The molecule has 0 radical (unpaired) electrons. The highest BCUT2D eigenvalue weighted by Gasteiger charge is 2.09. The van der Waals surface area contributed by atoms with E-state index in [1.165, 1.54) is 12.3 Å². The summed E-state index contributed by atoms with van der Waals surface area (Å²) >= 11 is 0. The van der Waals surface area contributed by atoms with Gasteiger partial charge in [-0.3, -0.25) is 0 Å². The van der Waals surface area contributed by atoms with Crippen LogP contribution in [0.5, 0.6) is 11.5 Å². The Bertz CT molecular complexity index is 800. The predicted molar refractivity (Wildman–Crippen MR) is 79.2 cm³/mol. The van der Waals surface area contributed by atoms with Gasteiger partial charge in [-0.1, -0.05) is 0 Å². The Hall–Kier alpha value is -2.89. The zero-order valence-electron chi connectivity index (χ0n) is 12.3. The molecule has 6 heteroatoms. The zero-order valence-corrected chi connectivity index (χ0v) is 12.3. The Kier molecular flexibility index (Phi) is 4.23. The third kappa shape index (κ3) is 3.48. The second-order valence-corrected chi connectivity index (χ2v) is 4.74.